The highest BCUT2D eigenvalue weighted by Gasteiger charge is 2.37. The van der Waals surface area contributed by atoms with Crippen molar-refractivity contribution >= 4 is 34.5 Å². The average Bonchev–Trinajstić information content (AvgIpc) is 3.36. The third kappa shape index (κ3) is 6.02. The topological polar surface area (TPSA) is 80.2 Å². The van der Waals surface area contributed by atoms with E-state index in [-0.39, 0.29) is 24.5 Å². The SMILES string of the molecule is COCCOC(=O)C1=C(C)N=C2SCCCN2[C@H]1c1ccc(NC(=O)CCC2CCCC2)cc1. The van der Waals surface area contributed by atoms with Gasteiger partial charge in [0.15, 0.2) is 5.17 Å². The smallest absolute Gasteiger partial charge is 0.338 e. The van der Waals surface area contributed by atoms with Crippen LogP contribution in [0.25, 0.3) is 0 Å². The number of esters is 1. The van der Waals surface area contributed by atoms with E-state index in [0.717, 1.165) is 41.6 Å². The van der Waals surface area contributed by atoms with Crippen LogP contribution < -0.4 is 5.32 Å². The number of rotatable bonds is 9. The van der Waals surface area contributed by atoms with Crippen LogP contribution in [0.5, 0.6) is 0 Å². The van der Waals surface area contributed by atoms with Gasteiger partial charge >= 0.3 is 5.97 Å². The summed E-state index contributed by atoms with van der Waals surface area (Å²) in [6.07, 6.45) is 7.68. The van der Waals surface area contributed by atoms with Gasteiger partial charge in [-0.1, -0.05) is 49.6 Å². The predicted octanol–water partition coefficient (Wildman–Crippen LogP) is 4.91. The number of hydrogen-bond acceptors (Lipinski definition) is 7. The Morgan fingerprint density at radius 1 is 1.15 bits per heavy atom. The molecule has 0 bridgehead atoms. The number of fused-ring (bicyclic) bond motifs is 1. The Morgan fingerprint density at radius 3 is 2.65 bits per heavy atom. The van der Waals surface area contributed by atoms with Crippen molar-refractivity contribution in [2.45, 2.75) is 57.9 Å². The fraction of sp³-hybridized carbons (Fsp3) is 0.577. The van der Waals surface area contributed by atoms with Crippen LogP contribution in [-0.4, -0.2) is 54.6 Å². The van der Waals surface area contributed by atoms with Crippen LogP contribution in [0.2, 0.25) is 0 Å². The number of amidine groups is 1. The number of allylic oxidation sites excluding steroid dienone is 1. The number of hydrogen-bond donors (Lipinski definition) is 1. The molecule has 0 spiro atoms. The molecule has 2 fully saturated rings. The summed E-state index contributed by atoms with van der Waals surface area (Å²) in [5.41, 5.74) is 3.02. The minimum absolute atomic E-state index is 0.0670. The molecule has 0 aromatic heterocycles. The molecule has 2 heterocycles. The molecule has 0 radical (unpaired) electrons. The van der Waals surface area contributed by atoms with Crippen LogP contribution in [-0.2, 0) is 19.1 Å². The number of anilines is 1. The first kappa shape index (κ1) is 24.8. The lowest BCUT2D eigenvalue weighted by atomic mass is 9.94. The molecule has 3 aliphatic rings. The summed E-state index contributed by atoms with van der Waals surface area (Å²) in [5.74, 6) is 1.43. The molecule has 184 valence electrons. The second-order valence-corrected chi connectivity index (χ2v) is 10.2. The highest BCUT2D eigenvalue weighted by Crippen LogP contribution is 2.40. The molecule has 2 aliphatic heterocycles. The van der Waals surface area contributed by atoms with E-state index in [9.17, 15) is 9.59 Å². The van der Waals surface area contributed by atoms with Gasteiger partial charge in [0.05, 0.1) is 23.9 Å². The quantitative estimate of drug-likeness (QED) is 0.396. The van der Waals surface area contributed by atoms with Crippen molar-refractivity contribution < 1.29 is 19.1 Å². The second kappa shape index (κ2) is 11.9. The molecule has 1 atom stereocenters. The number of aliphatic imine (C=N–C) groups is 1. The second-order valence-electron chi connectivity index (χ2n) is 9.18. The molecule has 1 aliphatic carbocycles. The minimum atomic E-state index is -0.359. The normalized spacial score (nSPS) is 20.7. The molecule has 34 heavy (non-hydrogen) atoms. The maximum absolute atomic E-state index is 13.0. The Labute approximate surface area is 206 Å². The molecular formula is C26H35N3O4S. The Kier molecular flexibility index (Phi) is 8.67. The van der Waals surface area contributed by atoms with Crippen LogP contribution in [0.15, 0.2) is 40.5 Å². The van der Waals surface area contributed by atoms with Gasteiger partial charge in [0.1, 0.15) is 6.61 Å². The number of methoxy groups -OCH3 is 1. The van der Waals surface area contributed by atoms with Crippen LogP contribution in [0.1, 0.15) is 63.5 Å². The first-order chi connectivity index (χ1) is 16.6. The summed E-state index contributed by atoms with van der Waals surface area (Å²) in [4.78, 5) is 32.4. The number of benzene rings is 1. The van der Waals surface area contributed by atoms with Gasteiger partial charge in [-0.15, -0.1) is 0 Å². The van der Waals surface area contributed by atoms with E-state index in [1.54, 1.807) is 18.9 Å². The summed E-state index contributed by atoms with van der Waals surface area (Å²) >= 11 is 1.72. The number of carbonyl (C=O) groups excluding carboxylic acids is 2. The zero-order valence-corrected chi connectivity index (χ0v) is 21.0. The first-order valence-corrected chi connectivity index (χ1v) is 13.3. The Balaban J connectivity index is 1.48. The lowest BCUT2D eigenvalue weighted by molar-refractivity contribution is -0.141. The van der Waals surface area contributed by atoms with Crippen molar-refractivity contribution in [2.24, 2.45) is 10.9 Å². The van der Waals surface area contributed by atoms with Gasteiger partial charge in [0.25, 0.3) is 0 Å². The number of nitrogens with one attached hydrogen (secondary N) is 1. The van der Waals surface area contributed by atoms with Crippen molar-refractivity contribution in [2.75, 3.05) is 37.9 Å². The number of ether oxygens (including phenoxy) is 2. The van der Waals surface area contributed by atoms with E-state index in [2.05, 4.69) is 10.2 Å². The number of nitrogens with zero attached hydrogens (tertiary/aromatic N) is 2. The summed E-state index contributed by atoms with van der Waals surface area (Å²) in [6.45, 7) is 3.26. The van der Waals surface area contributed by atoms with E-state index in [1.807, 2.05) is 31.2 Å². The third-order valence-corrected chi connectivity index (χ3v) is 7.84. The molecule has 1 aromatic rings. The van der Waals surface area contributed by atoms with Crippen molar-refractivity contribution in [3.63, 3.8) is 0 Å². The lowest BCUT2D eigenvalue weighted by Crippen LogP contribution is -2.42. The molecule has 7 nitrogen and oxygen atoms in total. The van der Waals surface area contributed by atoms with E-state index < -0.39 is 0 Å². The van der Waals surface area contributed by atoms with Crippen molar-refractivity contribution in [3.8, 4) is 0 Å². The highest BCUT2D eigenvalue weighted by atomic mass is 32.2. The Bertz CT molecular complexity index is 938. The van der Waals surface area contributed by atoms with E-state index in [0.29, 0.717) is 30.2 Å². The first-order valence-electron chi connectivity index (χ1n) is 12.3. The third-order valence-electron chi connectivity index (χ3n) is 6.76. The van der Waals surface area contributed by atoms with Crippen LogP contribution in [0.3, 0.4) is 0 Å². The Morgan fingerprint density at radius 2 is 1.91 bits per heavy atom. The van der Waals surface area contributed by atoms with Crippen LogP contribution in [0.4, 0.5) is 5.69 Å². The van der Waals surface area contributed by atoms with E-state index in [4.69, 9.17) is 14.5 Å². The molecule has 1 saturated carbocycles. The standard InChI is InChI=1S/C26H35N3O4S/c1-18-23(25(31)33-16-15-32-2)24(29-14-5-17-34-26(29)27-18)20-9-11-21(12-10-20)28-22(30)13-8-19-6-3-4-7-19/h9-12,19,24H,3-8,13-17H2,1-2H3,(H,28,30)/t24-/m0/s1. The molecule has 0 unspecified atom stereocenters. The fourth-order valence-corrected chi connectivity index (χ4v) is 6.00. The summed E-state index contributed by atoms with van der Waals surface area (Å²) in [5, 5.41) is 3.98. The summed E-state index contributed by atoms with van der Waals surface area (Å²) < 4.78 is 10.5. The molecule has 1 N–H and O–H groups in total. The molecule has 1 saturated heterocycles. The molecule has 1 amide bonds. The van der Waals surface area contributed by atoms with Crippen LogP contribution >= 0.6 is 11.8 Å². The largest absolute Gasteiger partial charge is 0.460 e. The molecule has 4 rings (SSSR count). The van der Waals surface area contributed by atoms with Crippen LogP contribution in [0, 0.1) is 5.92 Å². The molecule has 8 heteroatoms. The van der Waals surface area contributed by atoms with Gasteiger partial charge in [-0.25, -0.2) is 9.79 Å². The van der Waals surface area contributed by atoms with Gasteiger partial charge in [0.2, 0.25) is 5.91 Å². The summed E-state index contributed by atoms with van der Waals surface area (Å²) in [7, 11) is 1.58. The van der Waals surface area contributed by atoms with Gasteiger partial charge in [-0.3, -0.25) is 4.79 Å². The molecule has 1 aromatic carbocycles. The van der Waals surface area contributed by atoms with Gasteiger partial charge < -0.3 is 19.7 Å². The molecular weight excluding hydrogens is 450 g/mol. The zero-order valence-electron chi connectivity index (χ0n) is 20.2. The van der Waals surface area contributed by atoms with Gasteiger partial charge in [-0.05, 0) is 43.4 Å². The monoisotopic (exact) mass is 485 g/mol. The number of thioether (sulfide) groups is 1. The fourth-order valence-electron chi connectivity index (χ4n) is 4.98. The average molecular weight is 486 g/mol. The minimum Gasteiger partial charge on any atom is -0.460 e. The summed E-state index contributed by atoms with van der Waals surface area (Å²) in [6, 6.07) is 7.58. The van der Waals surface area contributed by atoms with E-state index in [1.165, 1.54) is 25.7 Å². The predicted molar refractivity (Wildman–Crippen MR) is 136 cm³/mol. The maximum Gasteiger partial charge on any atom is 0.338 e. The Hall–Kier alpha value is -2.32. The zero-order chi connectivity index (χ0) is 23.9. The number of amides is 1. The van der Waals surface area contributed by atoms with Crippen molar-refractivity contribution in [3.05, 3.63) is 41.1 Å². The van der Waals surface area contributed by atoms with Crippen molar-refractivity contribution in [1.82, 2.24) is 4.90 Å². The maximum atomic E-state index is 13.0. The lowest BCUT2D eigenvalue weighted by Gasteiger charge is -2.40. The van der Waals surface area contributed by atoms with Gasteiger partial charge in [-0.2, -0.15) is 0 Å². The van der Waals surface area contributed by atoms with E-state index >= 15 is 0 Å². The number of carbonyl (C=O) groups is 2. The highest BCUT2D eigenvalue weighted by molar-refractivity contribution is 8.13. The van der Waals surface area contributed by atoms with Gasteiger partial charge in [0, 0.05) is 31.5 Å². The van der Waals surface area contributed by atoms with Crippen molar-refractivity contribution in [1.29, 1.82) is 0 Å².